The fourth-order valence-corrected chi connectivity index (χ4v) is 4.38. The number of carboxylic acids is 2. The van der Waals surface area contributed by atoms with Crippen LogP contribution in [0.25, 0.3) is 6.08 Å². The largest absolute Gasteiger partial charge is 0.480 e. The molecule has 3 aromatic rings. The zero-order valence-corrected chi connectivity index (χ0v) is 25.9. The molecule has 1 unspecified atom stereocenters. The molecule has 0 heterocycles. The Balaban J connectivity index is 1.49. The number of ketones is 1. The van der Waals surface area contributed by atoms with Crippen molar-refractivity contribution in [3.8, 4) is 0 Å². The number of benzene rings is 3. The van der Waals surface area contributed by atoms with Crippen molar-refractivity contribution >= 4 is 47.2 Å². The second kappa shape index (κ2) is 16.5. The van der Waals surface area contributed by atoms with E-state index in [2.05, 4.69) is 21.3 Å². The molecule has 0 radical (unpaired) electrons. The summed E-state index contributed by atoms with van der Waals surface area (Å²) in [5.41, 5.74) is 2.37. The number of hydrogen-bond donors (Lipinski definition) is 6. The van der Waals surface area contributed by atoms with Crippen LogP contribution in [0.3, 0.4) is 0 Å². The van der Waals surface area contributed by atoms with Crippen LogP contribution in [0.1, 0.15) is 43.0 Å². The summed E-state index contributed by atoms with van der Waals surface area (Å²) in [6, 6.07) is 20.0. The molecular weight excluding hydrogens is 590 g/mol. The van der Waals surface area contributed by atoms with Crippen LogP contribution in [-0.4, -0.2) is 70.1 Å². The summed E-state index contributed by atoms with van der Waals surface area (Å²) < 4.78 is 0. The summed E-state index contributed by atoms with van der Waals surface area (Å²) in [4.78, 5) is 62.3. The quantitative estimate of drug-likeness (QED) is 0.102. The van der Waals surface area contributed by atoms with Crippen LogP contribution in [0.2, 0.25) is 0 Å². The maximum absolute atomic E-state index is 12.9. The Labute approximate surface area is 267 Å². The SMILES string of the molecule is Cc1ccccc1NC(=O)Nc1ccc(/C=C/C(=O)C(C)(C)NCCCN(CC(=O)O)C(=O)NC(C(=O)O)c2ccccc2)cc1. The Bertz CT molecular complexity index is 1560. The van der Waals surface area contributed by atoms with Gasteiger partial charge in [0.1, 0.15) is 6.54 Å². The van der Waals surface area contributed by atoms with Gasteiger partial charge in [-0.2, -0.15) is 0 Å². The molecule has 1 atom stereocenters. The number of carbonyl (C=O) groups excluding carboxylic acids is 3. The molecule has 12 heteroatoms. The predicted octanol–water partition coefficient (Wildman–Crippen LogP) is 4.90. The minimum atomic E-state index is -1.35. The number of urea groups is 2. The van der Waals surface area contributed by atoms with Crippen molar-refractivity contribution in [2.24, 2.45) is 0 Å². The second-order valence-corrected chi connectivity index (χ2v) is 11.1. The van der Waals surface area contributed by atoms with E-state index in [0.717, 1.165) is 16.0 Å². The van der Waals surface area contributed by atoms with Crippen LogP contribution in [0.4, 0.5) is 21.0 Å². The molecule has 0 fully saturated rings. The number of hydrogen-bond acceptors (Lipinski definition) is 6. The summed E-state index contributed by atoms with van der Waals surface area (Å²) in [5, 5.41) is 30.0. The molecule has 0 spiro atoms. The summed E-state index contributed by atoms with van der Waals surface area (Å²) in [6.45, 7) is 4.98. The summed E-state index contributed by atoms with van der Waals surface area (Å²) in [6.07, 6.45) is 3.41. The number of aliphatic carboxylic acids is 2. The number of nitrogens with zero attached hydrogens (tertiary/aromatic N) is 1. The fraction of sp³-hybridized carbons (Fsp3) is 0.265. The van der Waals surface area contributed by atoms with E-state index in [1.165, 1.54) is 6.08 Å². The molecule has 3 rings (SSSR count). The number of rotatable bonds is 15. The van der Waals surface area contributed by atoms with E-state index >= 15 is 0 Å². The molecular formula is C34H39N5O7. The van der Waals surface area contributed by atoms with Crippen molar-refractivity contribution in [2.75, 3.05) is 30.3 Å². The molecule has 0 bridgehead atoms. The van der Waals surface area contributed by atoms with Gasteiger partial charge in [0.05, 0.1) is 5.54 Å². The molecule has 0 aliphatic heterocycles. The highest BCUT2D eigenvalue weighted by atomic mass is 16.4. The minimum absolute atomic E-state index is 0.00966. The van der Waals surface area contributed by atoms with E-state index in [0.29, 0.717) is 23.4 Å². The van der Waals surface area contributed by atoms with Gasteiger partial charge in [-0.25, -0.2) is 14.4 Å². The molecule has 46 heavy (non-hydrogen) atoms. The lowest BCUT2D eigenvalue weighted by molar-refractivity contribution is -0.139. The molecule has 0 aromatic heterocycles. The Morgan fingerprint density at radius 3 is 2.15 bits per heavy atom. The zero-order chi connectivity index (χ0) is 33.7. The molecule has 0 aliphatic carbocycles. The molecule has 4 amide bonds. The number of anilines is 2. The highest BCUT2D eigenvalue weighted by Gasteiger charge is 2.27. The van der Waals surface area contributed by atoms with Crippen molar-refractivity contribution < 1.29 is 34.2 Å². The average Bonchev–Trinajstić information content (AvgIpc) is 3.01. The van der Waals surface area contributed by atoms with Gasteiger partial charge in [-0.1, -0.05) is 66.7 Å². The lowest BCUT2D eigenvalue weighted by atomic mass is 9.98. The first-order valence-corrected chi connectivity index (χ1v) is 14.6. The van der Waals surface area contributed by atoms with Crippen molar-refractivity contribution in [1.29, 1.82) is 0 Å². The van der Waals surface area contributed by atoms with Gasteiger partial charge >= 0.3 is 24.0 Å². The number of aryl methyl sites for hydroxylation is 1. The second-order valence-electron chi connectivity index (χ2n) is 11.1. The van der Waals surface area contributed by atoms with E-state index in [9.17, 15) is 34.2 Å². The minimum Gasteiger partial charge on any atom is -0.480 e. The Morgan fingerprint density at radius 1 is 0.870 bits per heavy atom. The topological polar surface area (TPSA) is 177 Å². The molecule has 242 valence electrons. The molecule has 6 N–H and O–H groups in total. The van der Waals surface area contributed by atoms with E-state index in [1.54, 1.807) is 74.5 Å². The van der Waals surface area contributed by atoms with Crippen LogP contribution in [0.5, 0.6) is 0 Å². The first-order valence-electron chi connectivity index (χ1n) is 14.6. The van der Waals surface area contributed by atoms with Crippen molar-refractivity contribution in [3.63, 3.8) is 0 Å². The van der Waals surface area contributed by atoms with Gasteiger partial charge in [-0.05, 0) is 74.7 Å². The third-order valence-electron chi connectivity index (χ3n) is 7.04. The van der Waals surface area contributed by atoms with Gasteiger partial charge in [-0.3, -0.25) is 9.59 Å². The van der Waals surface area contributed by atoms with E-state index in [4.69, 9.17) is 0 Å². The number of carboxylic acid groups (broad SMARTS) is 2. The van der Waals surface area contributed by atoms with E-state index in [-0.39, 0.29) is 24.9 Å². The lowest BCUT2D eigenvalue weighted by Crippen LogP contribution is -2.48. The first-order chi connectivity index (χ1) is 21.9. The highest BCUT2D eigenvalue weighted by molar-refractivity contribution is 6.01. The molecule has 3 aromatic carbocycles. The van der Waals surface area contributed by atoms with Gasteiger partial charge in [-0.15, -0.1) is 0 Å². The van der Waals surface area contributed by atoms with Crippen LogP contribution in [0.15, 0.2) is 84.9 Å². The fourth-order valence-electron chi connectivity index (χ4n) is 4.38. The van der Waals surface area contributed by atoms with Gasteiger partial charge in [0.2, 0.25) is 0 Å². The monoisotopic (exact) mass is 629 g/mol. The third-order valence-corrected chi connectivity index (χ3v) is 7.04. The standard InChI is InChI=1S/C34H39N5O7/c1-23-10-7-8-13-27(23)37-32(45)36-26-17-14-24(15-18-26)16-19-28(40)34(2,3)35-20-9-21-39(22-29(41)42)33(46)38-30(31(43)44)25-11-5-4-6-12-25/h4-8,10-19,30,35H,9,20-22H2,1-3H3,(H,38,46)(H,41,42)(H,43,44)(H2,36,37,45)/b19-16+. The predicted molar refractivity (Wildman–Crippen MR) is 176 cm³/mol. The van der Waals surface area contributed by atoms with Crippen LogP contribution in [0, 0.1) is 6.92 Å². The molecule has 0 aliphatic rings. The summed E-state index contributed by atoms with van der Waals surface area (Å²) in [5.74, 6) is -2.73. The highest BCUT2D eigenvalue weighted by Crippen LogP contribution is 2.16. The average molecular weight is 630 g/mol. The van der Waals surface area contributed by atoms with Crippen LogP contribution in [-0.2, 0) is 14.4 Å². The van der Waals surface area contributed by atoms with E-state index < -0.39 is 36.1 Å². The Kier molecular flexibility index (Phi) is 12.6. The maximum atomic E-state index is 12.9. The van der Waals surface area contributed by atoms with Gasteiger partial charge in [0.15, 0.2) is 11.8 Å². The smallest absolute Gasteiger partial charge is 0.330 e. The molecule has 0 saturated carbocycles. The van der Waals surface area contributed by atoms with Gasteiger partial charge < -0.3 is 36.4 Å². The first kappa shape index (κ1) is 35.0. The zero-order valence-electron chi connectivity index (χ0n) is 25.9. The normalized spacial score (nSPS) is 11.8. The number of amides is 4. The van der Waals surface area contributed by atoms with Crippen molar-refractivity contribution in [1.82, 2.24) is 15.5 Å². The Hall–Kier alpha value is -5.49. The van der Waals surface area contributed by atoms with Crippen LogP contribution >= 0.6 is 0 Å². The third kappa shape index (κ3) is 10.9. The van der Waals surface area contributed by atoms with Gasteiger partial charge in [0.25, 0.3) is 0 Å². The van der Waals surface area contributed by atoms with Crippen LogP contribution < -0.4 is 21.3 Å². The van der Waals surface area contributed by atoms with Crippen molar-refractivity contribution in [2.45, 2.75) is 38.8 Å². The Morgan fingerprint density at radius 2 is 1.52 bits per heavy atom. The molecule has 0 saturated heterocycles. The van der Waals surface area contributed by atoms with Crippen molar-refractivity contribution in [3.05, 3.63) is 102 Å². The maximum Gasteiger partial charge on any atom is 0.330 e. The number of carbonyl (C=O) groups is 5. The number of para-hydroxylation sites is 1. The molecule has 12 nitrogen and oxygen atoms in total. The van der Waals surface area contributed by atoms with Gasteiger partial charge in [0, 0.05) is 17.9 Å². The number of nitrogens with one attached hydrogen (secondary N) is 4. The van der Waals surface area contributed by atoms with E-state index in [1.807, 2.05) is 31.2 Å². The summed E-state index contributed by atoms with van der Waals surface area (Å²) >= 11 is 0. The lowest BCUT2D eigenvalue weighted by Gasteiger charge is -2.26. The summed E-state index contributed by atoms with van der Waals surface area (Å²) in [7, 11) is 0.